The van der Waals surface area contributed by atoms with E-state index in [0.717, 1.165) is 17.7 Å². The second kappa shape index (κ2) is 3.48. The highest BCUT2D eigenvalue weighted by atomic mass is 32.1. The summed E-state index contributed by atoms with van der Waals surface area (Å²) in [6, 6.07) is 0. The highest BCUT2D eigenvalue weighted by molar-refractivity contribution is 7.09. The van der Waals surface area contributed by atoms with Crippen LogP contribution in [0.15, 0.2) is 6.20 Å². The first-order valence-electron chi connectivity index (χ1n) is 4.10. The molecular formula is C8H4F3N3OS. The summed E-state index contributed by atoms with van der Waals surface area (Å²) in [4.78, 5) is 17.7. The zero-order chi connectivity index (χ0) is 11.9. The Hall–Kier alpha value is -1.57. The van der Waals surface area contributed by atoms with Crippen LogP contribution in [0.1, 0.15) is 22.4 Å². The molecule has 2 rings (SSSR count). The van der Waals surface area contributed by atoms with Gasteiger partial charge >= 0.3 is 6.18 Å². The number of nitrogens with zero attached hydrogens (tertiary/aromatic N) is 3. The minimum atomic E-state index is -4.62. The molecule has 0 saturated carbocycles. The van der Waals surface area contributed by atoms with Crippen molar-refractivity contribution in [3.05, 3.63) is 16.9 Å². The molecule has 0 aromatic carbocycles. The van der Waals surface area contributed by atoms with Crippen LogP contribution >= 0.6 is 11.5 Å². The Morgan fingerprint density at radius 3 is 2.69 bits per heavy atom. The number of hydrogen-bond donors (Lipinski definition) is 0. The number of fused-ring (bicyclic) bond motifs is 1. The summed E-state index contributed by atoms with van der Waals surface area (Å²) in [5.41, 5.74) is 0.156. The minimum Gasteiger partial charge on any atom is -0.293 e. The third kappa shape index (κ3) is 1.75. The molecule has 8 heteroatoms. The fourth-order valence-electron chi connectivity index (χ4n) is 1.12. The van der Waals surface area contributed by atoms with Crippen molar-refractivity contribution in [2.24, 2.45) is 0 Å². The number of ketones is 1. The van der Waals surface area contributed by atoms with Gasteiger partial charge in [0.1, 0.15) is 15.9 Å². The number of rotatable bonds is 1. The lowest BCUT2D eigenvalue weighted by Crippen LogP contribution is -2.10. The van der Waals surface area contributed by atoms with Gasteiger partial charge in [0.25, 0.3) is 0 Å². The molecule has 2 heterocycles. The zero-order valence-corrected chi connectivity index (χ0v) is 8.69. The third-order valence-corrected chi connectivity index (χ3v) is 2.74. The monoisotopic (exact) mass is 247 g/mol. The molecule has 0 amide bonds. The molecule has 0 N–H and O–H groups in total. The average Bonchev–Trinajstić information content (AvgIpc) is 2.58. The first-order valence-corrected chi connectivity index (χ1v) is 4.87. The quantitative estimate of drug-likeness (QED) is 0.725. The van der Waals surface area contributed by atoms with Crippen molar-refractivity contribution in [1.82, 2.24) is 14.3 Å². The fourth-order valence-corrected chi connectivity index (χ4v) is 1.80. The molecule has 84 valence electrons. The number of alkyl halides is 3. The smallest absolute Gasteiger partial charge is 0.293 e. The SMILES string of the molecule is CC(=O)c1snc2cnc(C(F)(F)F)nc12. The molecule has 0 atom stereocenters. The largest absolute Gasteiger partial charge is 0.451 e. The van der Waals surface area contributed by atoms with Gasteiger partial charge in [0.15, 0.2) is 5.78 Å². The van der Waals surface area contributed by atoms with Crippen molar-refractivity contribution in [3.8, 4) is 0 Å². The number of halogens is 3. The van der Waals surface area contributed by atoms with Crippen LogP contribution in [-0.4, -0.2) is 20.1 Å². The Morgan fingerprint density at radius 2 is 2.12 bits per heavy atom. The summed E-state index contributed by atoms with van der Waals surface area (Å²) in [6.45, 7) is 1.25. The molecule has 16 heavy (non-hydrogen) atoms. The van der Waals surface area contributed by atoms with E-state index in [4.69, 9.17) is 0 Å². The maximum absolute atomic E-state index is 12.3. The van der Waals surface area contributed by atoms with E-state index in [1.807, 2.05) is 0 Å². The Morgan fingerprint density at radius 1 is 1.44 bits per heavy atom. The summed E-state index contributed by atoms with van der Waals surface area (Å²) in [7, 11) is 0. The lowest BCUT2D eigenvalue weighted by molar-refractivity contribution is -0.144. The van der Waals surface area contributed by atoms with E-state index in [1.165, 1.54) is 6.92 Å². The summed E-state index contributed by atoms with van der Waals surface area (Å²) in [5.74, 6) is -1.62. The van der Waals surface area contributed by atoms with Gasteiger partial charge in [-0.15, -0.1) is 0 Å². The van der Waals surface area contributed by atoms with Crippen molar-refractivity contribution in [2.45, 2.75) is 13.1 Å². The van der Waals surface area contributed by atoms with Crippen LogP contribution in [0.25, 0.3) is 11.0 Å². The van der Waals surface area contributed by atoms with Crippen LogP contribution < -0.4 is 0 Å². The predicted octanol–water partition coefficient (Wildman–Crippen LogP) is 2.31. The van der Waals surface area contributed by atoms with Crippen molar-refractivity contribution in [3.63, 3.8) is 0 Å². The van der Waals surface area contributed by atoms with Crippen LogP contribution in [-0.2, 0) is 6.18 Å². The van der Waals surface area contributed by atoms with Gasteiger partial charge in [-0.25, -0.2) is 9.97 Å². The van der Waals surface area contributed by atoms with E-state index < -0.39 is 12.0 Å². The number of carbonyl (C=O) groups is 1. The standard InChI is InChI=1S/C8H4F3N3OS/c1-3(15)6-5-4(14-16-6)2-12-7(13-5)8(9,10)11/h2H,1H3. The molecule has 0 aliphatic carbocycles. The van der Waals surface area contributed by atoms with Gasteiger partial charge in [0.05, 0.1) is 6.20 Å². The molecule has 0 aliphatic heterocycles. The maximum atomic E-state index is 12.3. The Balaban J connectivity index is 2.68. The van der Waals surface area contributed by atoms with Crippen molar-refractivity contribution >= 4 is 28.3 Å². The molecule has 0 bridgehead atoms. The highest BCUT2D eigenvalue weighted by Crippen LogP contribution is 2.28. The molecule has 0 saturated heterocycles. The van der Waals surface area contributed by atoms with E-state index in [-0.39, 0.29) is 21.7 Å². The Bertz CT molecular complexity index is 563. The number of hydrogen-bond acceptors (Lipinski definition) is 5. The first kappa shape index (κ1) is 10.9. The van der Waals surface area contributed by atoms with Crippen LogP contribution in [0.2, 0.25) is 0 Å². The van der Waals surface area contributed by atoms with E-state index in [2.05, 4.69) is 14.3 Å². The molecule has 0 fully saturated rings. The normalized spacial score (nSPS) is 12.0. The highest BCUT2D eigenvalue weighted by Gasteiger charge is 2.35. The van der Waals surface area contributed by atoms with Gasteiger partial charge < -0.3 is 0 Å². The van der Waals surface area contributed by atoms with Gasteiger partial charge in [0, 0.05) is 6.92 Å². The second-order valence-corrected chi connectivity index (χ2v) is 3.77. The maximum Gasteiger partial charge on any atom is 0.451 e. The second-order valence-electron chi connectivity index (χ2n) is 2.99. The van der Waals surface area contributed by atoms with Crippen LogP contribution in [0.3, 0.4) is 0 Å². The summed E-state index contributed by atoms with van der Waals surface area (Å²) in [6.07, 6.45) is -3.65. The summed E-state index contributed by atoms with van der Waals surface area (Å²) in [5, 5.41) is 0. The van der Waals surface area contributed by atoms with Gasteiger partial charge in [0.2, 0.25) is 5.82 Å². The molecule has 2 aromatic heterocycles. The fraction of sp³-hybridized carbons (Fsp3) is 0.250. The molecule has 0 aliphatic rings. The van der Waals surface area contributed by atoms with E-state index >= 15 is 0 Å². The van der Waals surface area contributed by atoms with E-state index in [1.54, 1.807) is 0 Å². The molecule has 2 aromatic rings. The van der Waals surface area contributed by atoms with Gasteiger partial charge in [-0.3, -0.25) is 4.79 Å². The zero-order valence-electron chi connectivity index (χ0n) is 7.87. The molecule has 4 nitrogen and oxygen atoms in total. The van der Waals surface area contributed by atoms with E-state index in [0.29, 0.717) is 0 Å². The first-order chi connectivity index (χ1) is 7.39. The summed E-state index contributed by atoms with van der Waals surface area (Å²) < 4.78 is 40.8. The minimum absolute atomic E-state index is 0.0418. The molecule has 0 radical (unpaired) electrons. The molecule has 0 unspecified atom stereocenters. The van der Waals surface area contributed by atoms with Crippen molar-refractivity contribution in [1.29, 1.82) is 0 Å². The summed E-state index contributed by atoms with van der Waals surface area (Å²) >= 11 is 0.821. The van der Waals surface area contributed by atoms with Crippen molar-refractivity contribution < 1.29 is 18.0 Å². The van der Waals surface area contributed by atoms with Crippen LogP contribution in [0, 0.1) is 0 Å². The van der Waals surface area contributed by atoms with Gasteiger partial charge in [-0.2, -0.15) is 17.5 Å². The Kier molecular flexibility index (Phi) is 2.38. The Labute approximate surface area is 91.3 Å². The number of aromatic nitrogens is 3. The van der Waals surface area contributed by atoms with Gasteiger partial charge in [-0.1, -0.05) is 0 Å². The lowest BCUT2D eigenvalue weighted by Gasteiger charge is -2.03. The number of Topliss-reactive ketones (excluding diaryl/α,β-unsaturated/α-hetero) is 1. The third-order valence-electron chi connectivity index (χ3n) is 1.79. The lowest BCUT2D eigenvalue weighted by atomic mass is 10.3. The molecule has 0 spiro atoms. The van der Waals surface area contributed by atoms with Gasteiger partial charge in [-0.05, 0) is 11.5 Å². The topological polar surface area (TPSA) is 55.7 Å². The van der Waals surface area contributed by atoms with Crippen molar-refractivity contribution in [2.75, 3.05) is 0 Å². The predicted molar refractivity (Wildman–Crippen MR) is 50.2 cm³/mol. The average molecular weight is 247 g/mol. The molecular weight excluding hydrogens is 243 g/mol. The number of carbonyl (C=O) groups excluding carboxylic acids is 1. The van der Waals surface area contributed by atoms with Crippen LogP contribution in [0.4, 0.5) is 13.2 Å². The van der Waals surface area contributed by atoms with E-state index in [9.17, 15) is 18.0 Å². The van der Waals surface area contributed by atoms with Crippen LogP contribution in [0.5, 0.6) is 0 Å².